The Morgan fingerprint density at radius 1 is 1.38 bits per heavy atom. The molecule has 16 heavy (non-hydrogen) atoms. The van der Waals surface area contributed by atoms with Gasteiger partial charge in [0.2, 0.25) is 0 Å². The van der Waals surface area contributed by atoms with Gasteiger partial charge >= 0.3 is 0 Å². The van der Waals surface area contributed by atoms with Gasteiger partial charge in [-0.1, -0.05) is 19.9 Å². The largest absolute Gasteiger partial charge is 0.308 e. The summed E-state index contributed by atoms with van der Waals surface area (Å²) in [5.74, 6) is 0.868. The minimum atomic E-state index is -0.186. The lowest BCUT2D eigenvalue weighted by Gasteiger charge is -2.20. The fraction of sp³-hybridized carbons (Fsp3) is 0.538. The number of halogens is 2. The van der Waals surface area contributed by atoms with Crippen molar-refractivity contribution in [1.29, 1.82) is 0 Å². The molecule has 0 saturated heterocycles. The van der Waals surface area contributed by atoms with Crippen molar-refractivity contribution in [2.75, 3.05) is 5.88 Å². The molecule has 1 rings (SSSR count). The van der Waals surface area contributed by atoms with Crippen molar-refractivity contribution in [1.82, 2.24) is 5.32 Å². The van der Waals surface area contributed by atoms with Crippen LogP contribution in [0.5, 0.6) is 0 Å². The Kier molecular flexibility index (Phi) is 5.23. The molecule has 1 N–H and O–H groups in total. The van der Waals surface area contributed by atoms with Crippen molar-refractivity contribution in [3.63, 3.8) is 0 Å². The van der Waals surface area contributed by atoms with Crippen LogP contribution in [0.4, 0.5) is 4.39 Å². The van der Waals surface area contributed by atoms with E-state index in [0.717, 1.165) is 11.1 Å². The standard InChI is InChI=1S/C13H19ClFN/c1-9(2)13(7-14)16-8-11-6-12(15)5-4-10(11)3/h4-6,9,13,16H,7-8H2,1-3H3. The van der Waals surface area contributed by atoms with E-state index in [1.54, 1.807) is 12.1 Å². The van der Waals surface area contributed by atoms with Crippen LogP contribution in [0.1, 0.15) is 25.0 Å². The van der Waals surface area contributed by atoms with E-state index in [4.69, 9.17) is 11.6 Å². The highest BCUT2D eigenvalue weighted by Gasteiger charge is 2.11. The number of hydrogen-bond donors (Lipinski definition) is 1. The number of alkyl halides is 1. The van der Waals surface area contributed by atoms with Crippen molar-refractivity contribution in [2.45, 2.75) is 33.4 Å². The van der Waals surface area contributed by atoms with Crippen LogP contribution in [0, 0.1) is 18.7 Å². The van der Waals surface area contributed by atoms with Crippen LogP contribution in [0.2, 0.25) is 0 Å². The molecule has 1 atom stereocenters. The summed E-state index contributed by atoms with van der Waals surface area (Å²) in [6.07, 6.45) is 0. The summed E-state index contributed by atoms with van der Waals surface area (Å²) < 4.78 is 13.1. The highest BCUT2D eigenvalue weighted by atomic mass is 35.5. The second-order valence-corrected chi connectivity index (χ2v) is 4.77. The van der Waals surface area contributed by atoms with Gasteiger partial charge in [-0.2, -0.15) is 0 Å². The van der Waals surface area contributed by atoms with E-state index in [9.17, 15) is 4.39 Å². The SMILES string of the molecule is Cc1ccc(F)cc1CNC(CCl)C(C)C. The monoisotopic (exact) mass is 243 g/mol. The van der Waals surface area contributed by atoms with E-state index in [1.165, 1.54) is 6.07 Å². The number of aryl methyl sites for hydroxylation is 1. The fourth-order valence-corrected chi connectivity index (χ4v) is 2.01. The Bertz CT molecular complexity index is 339. The fourth-order valence-electron chi connectivity index (χ4n) is 1.54. The van der Waals surface area contributed by atoms with Crippen LogP contribution in [0.15, 0.2) is 18.2 Å². The molecule has 0 aromatic heterocycles. The van der Waals surface area contributed by atoms with Gasteiger partial charge in [0.1, 0.15) is 5.82 Å². The smallest absolute Gasteiger partial charge is 0.123 e. The van der Waals surface area contributed by atoms with Crippen molar-refractivity contribution < 1.29 is 4.39 Å². The van der Waals surface area contributed by atoms with E-state index in [2.05, 4.69) is 19.2 Å². The van der Waals surface area contributed by atoms with Crippen LogP contribution >= 0.6 is 11.6 Å². The molecule has 1 nitrogen and oxygen atoms in total. The van der Waals surface area contributed by atoms with Crippen LogP contribution in [-0.4, -0.2) is 11.9 Å². The molecule has 1 aromatic rings. The van der Waals surface area contributed by atoms with Gasteiger partial charge in [0.25, 0.3) is 0 Å². The predicted octanol–water partition coefficient (Wildman–Crippen LogP) is 3.49. The van der Waals surface area contributed by atoms with E-state index < -0.39 is 0 Å². The zero-order chi connectivity index (χ0) is 12.1. The Hall–Kier alpha value is -0.600. The van der Waals surface area contributed by atoms with Crippen LogP contribution in [0.25, 0.3) is 0 Å². The van der Waals surface area contributed by atoms with Gasteiger partial charge < -0.3 is 5.32 Å². The number of benzene rings is 1. The molecule has 3 heteroatoms. The van der Waals surface area contributed by atoms with Gasteiger partial charge in [-0.15, -0.1) is 11.6 Å². The van der Waals surface area contributed by atoms with Crippen LogP contribution in [0.3, 0.4) is 0 Å². The van der Waals surface area contributed by atoms with E-state index in [-0.39, 0.29) is 11.9 Å². The Morgan fingerprint density at radius 3 is 2.62 bits per heavy atom. The molecule has 0 spiro atoms. The van der Waals surface area contributed by atoms with E-state index in [1.807, 2.05) is 6.92 Å². The average Bonchev–Trinajstić information content (AvgIpc) is 2.23. The molecular formula is C13H19ClFN. The molecule has 0 amide bonds. The van der Waals surface area contributed by atoms with Gasteiger partial charge in [0, 0.05) is 18.5 Å². The highest BCUT2D eigenvalue weighted by molar-refractivity contribution is 6.18. The van der Waals surface area contributed by atoms with Crippen LogP contribution < -0.4 is 5.32 Å². The third kappa shape index (κ3) is 3.76. The first-order valence-corrected chi connectivity index (χ1v) is 6.12. The summed E-state index contributed by atoms with van der Waals surface area (Å²) in [5, 5.41) is 3.35. The van der Waals surface area contributed by atoms with E-state index in [0.29, 0.717) is 18.3 Å². The molecule has 90 valence electrons. The number of rotatable bonds is 5. The predicted molar refractivity (Wildman–Crippen MR) is 67.3 cm³/mol. The molecule has 0 aliphatic heterocycles. The van der Waals surface area contributed by atoms with Gasteiger partial charge in [-0.05, 0) is 36.1 Å². The molecule has 0 radical (unpaired) electrons. The van der Waals surface area contributed by atoms with Crippen LogP contribution in [-0.2, 0) is 6.54 Å². The van der Waals surface area contributed by atoms with Crippen molar-refractivity contribution in [2.24, 2.45) is 5.92 Å². The first kappa shape index (κ1) is 13.5. The Morgan fingerprint density at radius 2 is 2.06 bits per heavy atom. The quantitative estimate of drug-likeness (QED) is 0.781. The van der Waals surface area contributed by atoms with Crippen molar-refractivity contribution in [3.05, 3.63) is 35.1 Å². The van der Waals surface area contributed by atoms with Gasteiger partial charge in [-0.25, -0.2) is 4.39 Å². The highest BCUT2D eigenvalue weighted by Crippen LogP contribution is 2.11. The number of hydrogen-bond acceptors (Lipinski definition) is 1. The molecule has 0 fully saturated rings. The summed E-state index contributed by atoms with van der Waals surface area (Å²) in [7, 11) is 0. The summed E-state index contributed by atoms with van der Waals surface area (Å²) in [4.78, 5) is 0. The third-order valence-corrected chi connectivity index (χ3v) is 3.17. The lowest BCUT2D eigenvalue weighted by molar-refractivity contribution is 0.429. The van der Waals surface area contributed by atoms with Crippen molar-refractivity contribution in [3.8, 4) is 0 Å². The third-order valence-electron chi connectivity index (χ3n) is 2.84. The normalized spacial score (nSPS) is 13.1. The summed E-state index contributed by atoms with van der Waals surface area (Å²) in [6.45, 7) is 6.90. The summed E-state index contributed by atoms with van der Waals surface area (Å²) in [6, 6.07) is 5.13. The maximum atomic E-state index is 13.1. The molecule has 0 heterocycles. The Balaban J connectivity index is 2.63. The van der Waals surface area contributed by atoms with Gasteiger partial charge in [0.15, 0.2) is 0 Å². The zero-order valence-electron chi connectivity index (χ0n) is 10.1. The average molecular weight is 244 g/mol. The first-order chi connectivity index (χ1) is 7.54. The molecule has 0 aliphatic carbocycles. The molecule has 1 unspecified atom stereocenters. The molecule has 1 aromatic carbocycles. The maximum Gasteiger partial charge on any atom is 0.123 e. The molecule has 0 bridgehead atoms. The zero-order valence-corrected chi connectivity index (χ0v) is 10.8. The summed E-state index contributed by atoms with van der Waals surface area (Å²) >= 11 is 5.86. The Labute approximate surface area is 102 Å². The maximum absolute atomic E-state index is 13.1. The van der Waals surface area contributed by atoms with Gasteiger partial charge in [0.05, 0.1) is 0 Å². The van der Waals surface area contributed by atoms with Gasteiger partial charge in [-0.3, -0.25) is 0 Å². The van der Waals surface area contributed by atoms with E-state index >= 15 is 0 Å². The second-order valence-electron chi connectivity index (χ2n) is 4.46. The lowest BCUT2D eigenvalue weighted by Crippen LogP contribution is -2.35. The first-order valence-electron chi connectivity index (χ1n) is 5.59. The lowest BCUT2D eigenvalue weighted by atomic mass is 10.0. The molecular weight excluding hydrogens is 225 g/mol. The molecule has 0 saturated carbocycles. The minimum Gasteiger partial charge on any atom is -0.308 e. The molecule has 0 aliphatic rings. The van der Waals surface area contributed by atoms with Crippen molar-refractivity contribution >= 4 is 11.6 Å². The minimum absolute atomic E-state index is 0.186. The topological polar surface area (TPSA) is 12.0 Å². The second kappa shape index (κ2) is 6.21. The number of nitrogens with one attached hydrogen (secondary N) is 1. The summed E-state index contributed by atoms with van der Waals surface area (Å²) in [5.41, 5.74) is 2.10.